The Kier molecular flexibility index (Phi) is 6.63. The van der Waals surface area contributed by atoms with Crippen LogP contribution in [0.2, 0.25) is 0 Å². The number of carbonyl (C=O) groups excluding carboxylic acids is 1. The van der Waals surface area contributed by atoms with Crippen LogP contribution in [-0.4, -0.2) is 49.6 Å². The highest BCUT2D eigenvalue weighted by molar-refractivity contribution is 7.57. The molecule has 3 rings (SSSR count). The van der Waals surface area contributed by atoms with Gasteiger partial charge in [-0.15, -0.1) is 0 Å². The average molecular weight is 426 g/mol. The maximum absolute atomic E-state index is 12.9. The van der Waals surface area contributed by atoms with Crippen molar-refractivity contribution in [3.05, 3.63) is 47.8 Å². The van der Waals surface area contributed by atoms with E-state index in [-0.39, 0.29) is 19.8 Å². The van der Waals surface area contributed by atoms with Crippen LogP contribution in [0.5, 0.6) is 0 Å². The fourth-order valence-electron chi connectivity index (χ4n) is 3.25. The highest BCUT2D eigenvalue weighted by Gasteiger charge is 2.60. The smallest absolute Gasteiger partial charge is 0.353 e. The Morgan fingerprint density at radius 2 is 1.83 bits per heavy atom. The van der Waals surface area contributed by atoms with Crippen molar-refractivity contribution in [3.8, 4) is 0 Å². The third-order valence-corrected chi connectivity index (χ3v) is 6.21. The molecule has 0 N–H and O–H groups in total. The number of carbonyl (C=O) groups is 1. The van der Waals surface area contributed by atoms with E-state index < -0.39 is 37.3 Å². The summed E-state index contributed by atoms with van der Waals surface area (Å²) in [6, 6.07) is 8.58. The number of rotatable bonds is 8. The highest BCUT2D eigenvalue weighted by Crippen LogP contribution is 2.51. The minimum Gasteiger partial charge on any atom is -0.446 e. The maximum atomic E-state index is 12.9. The van der Waals surface area contributed by atoms with Crippen LogP contribution in [0.3, 0.4) is 0 Å². The van der Waals surface area contributed by atoms with E-state index in [4.69, 9.17) is 28.0 Å². The number of hydrogen-bond donors (Lipinski definition) is 0. The molecule has 0 spiro atoms. The summed E-state index contributed by atoms with van der Waals surface area (Å²) in [5.41, 5.74) is -0.977. The number of esters is 1. The van der Waals surface area contributed by atoms with Gasteiger partial charge in [-0.2, -0.15) is 0 Å². The average Bonchev–Trinajstić information content (AvgIpc) is 3.15. The summed E-state index contributed by atoms with van der Waals surface area (Å²) in [4.78, 5) is 12.8. The molecule has 2 aliphatic heterocycles. The van der Waals surface area contributed by atoms with Crippen molar-refractivity contribution < 1.29 is 37.4 Å². The molecule has 9 heteroatoms. The molecule has 0 bridgehead atoms. The van der Waals surface area contributed by atoms with E-state index in [0.717, 1.165) is 0 Å². The van der Waals surface area contributed by atoms with E-state index >= 15 is 0 Å². The molecule has 2 saturated heterocycles. The molecule has 0 aliphatic carbocycles. The van der Waals surface area contributed by atoms with Gasteiger partial charge in [0.15, 0.2) is 23.8 Å². The fraction of sp³-hybridized carbons (Fsp3) is 0.550. The SMILES string of the molecule is CCOP(=O)(/C=C/[C@@]1(OC(=O)c2ccccc2)CO[C@@H]2OC(C)(C)O[C@@H]21)OCC. The minimum absolute atomic E-state index is 0.0221. The Labute approximate surface area is 170 Å². The largest absolute Gasteiger partial charge is 0.446 e. The van der Waals surface area contributed by atoms with Gasteiger partial charge < -0.3 is 28.0 Å². The lowest BCUT2D eigenvalue weighted by molar-refractivity contribution is -0.206. The predicted molar refractivity (Wildman–Crippen MR) is 104 cm³/mol. The lowest BCUT2D eigenvalue weighted by Crippen LogP contribution is -2.46. The standard InChI is InChI=1S/C20H27O8P/c1-5-24-29(22,25-6-2)13-12-20(27-17(21)15-10-8-7-9-11-15)14-23-18-16(20)26-19(3,4)28-18/h7-13,16,18H,5-6,14H2,1-4H3/b13-12+/t16-,18+,20+/m0/s1. The lowest BCUT2D eigenvalue weighted by atomic mass is 9.99. The summed E-state index contributed by atoms with van der Waals surface area (Å²) in [5, 5.41) is 0. The molecule has 29 heavy (non-hydrogen) atoms. The quantitative estimate of drug-likeness (QED) is 0.457. The van der Waals surface area contributed by atoms with Crippen LogP contribution < -0.4 is 0 Å². The molecule has 2 fully saturated rings. The summed E-state index contributed by atoms with van der Waals surface area (Å²) in [7, 11) is -3.52. The number of benzene rings is 1. The molecular weight excluding hydrogens is 399 g/mol. The highest BCUT2D eigenvalue weighted by atomic mass is 31.2. The summed E-state index contributed by atoms with van der Waals surface area (Å²) in [5.74, 6) is -0.175. The summed E-state index contributed by atoms with van der Waals surface area (Å²) in [6.07, 6.45) is 0.0185. The van der Waals surface area contributed by atoms with Crippen LogP contribution in [-0.2, 0) is 32.6 Å². The molecule has 8 nitrogen and oxygen atoms in total. The van der Waals surface area contributed by atoms with E-state index in [1.165, 1.54) is 11.9 Å². The molecule has 0 aromatic heterocycles. The van der Waals surface area contributed by atoms with Crippen molar-refractivity contribution in [3.63, 3.8) is 0 Å². The van der Waals surface area contributed by atoms with E-state index in [1.54, 1.807) is 58.0 Å². The molecule has 2 aliphatic rings. The first-order valence-electron chi connectivity index (χ1n) is 9.57. The van der Waals surface area contributed by atoms with Gasteiger partial charge in [0.2, 0.25) is 0 Å². The second-order valence-corrected chi connectivity index (χ2v) is 9.03. The van der Waals surface area contributed by atoms with Gasteiger partial charge in [-0.25, -0.2) is 4.79 Å². The van der Waals surface area contributed by atoms with Crippen molar-refractivity contribution in [1.82, 2.24) is 0 Å². The van der Waals surface area contributed by atoms with Gasteiger partial charge in [-0.1, -0.05) is 18.2 Å². The van der Waals surface area contributed by atoms with Crippen molar-refractivity contribution in [2.75, 3.05) is 19.8 Å². The van der Waals surface area contributed by atoms with Crippen LogP contribution in [0.15, 0.2) is 42.2 Å². The first kappa shape index (κ1) is 22.2. The van der Waals surface area contributed by atoms with Crippen LogP contribution >= 0.6 is 7.60 Å². The molecule has 3 atom stereocenters. The molecular formula is C20H27O8P. The normalized spacial score (nSPS) is 28.6. The van der Waals surface area contributed by atoms with E-state index in [1.807, 2.05) is 0 Å². The van der Waals surface area contributed by atoms with E-state index in [2.05, 4.69) is 0 Å². The Hall–Kier alpha value is -1.54. The maximum Gasteiger partial charge on any atom is 0.353 e. The van der Waals surface area contributed by atoms with Gasteiger partial charge in [0.1, 0.15) is 0 Å². The molecule has 0 unspecified atom stereocenters. The van der Waals surface area contributed by atoms with Gasteiger partial charge in [-0.3, -0.25) is 4.57 Å². The molecule has 0 radical (unpaired) electrons. The molecule has 2 heterocycles. The van der Waals surface area contributed by atoms with Crippen molar-refractivity contribution in [2.45, 2.75) is 51.5 Å². The van der Waals surface area contributed by atoms with Gasteiger partial charge in [0.25, 0.3) is 0 Å². The zero-order valence-corrected chi connectivity index (χ0v) is 17.9. The van der Waals surface area contributed by atoms with Crippen LogP contribution in [0.25, 0.3) is 0 Å². The summed E-state index contributed by atoms with van der Waals surface area (Å²) in [6.45, 7) is 7.31. The second kappa shape index (κ2) is 8.68. The van der Waals surface area contributed by atoms with Gasteiger partial charge in [0, 0.05) is 5.82 Å². The molecule has 160 valence electrons. The zero-order valence-electron chi connectivity index (χ0n) is 17.0. The molecule has 0 amide bonds. The molecule has 1 aromatic carbocycles. The molecule has 1 aromatic rings. The van der Waals surface area contributed by atoms with Gasteiger partial charge in [-0.05, 0) is 45.9 Å². The zero-order chi connectivity index (χ0) is 21.1. The Bertz CT molecular complexity index is 783. The van der Waals surface area contributed by atoms with Crippen LogP contribution in [0.4, 0.5) is 0 Å². The first-order chi connectivity index (χ1) is 13.7. The summed E-state index contributed by atoms with van der Waals surface area (Å²) >= 11 is 0. The lowest BCUT2D eigenvalue weighted by Gasteiger charge is -2.30. The third kappa shape index (κ3) is 4.97. The third-order valence-electron chi connectivity index (χ3n) is 4.46. The predicted octanol–water partition coefficient (Wildman–Crippen LogP) is 3.87. The Morgan fingerprint density at radius 1 is 1.17 bits per heavy atom. The number of fused-ring (bicyclic) bond motifs is 1. The van der Waals surface area contributed by atoms with Crippen molar-refractivity contribution in [1.29, 1.82) is 0 Å². The minimum atomic E-state index is -3.52. The van der Waals surface area contributed by atoms with E-state index in [0.29, 0.717) is 5.56 Å². The second-order valence-electron chi connectivity index (χ2n) is 7.14. The monoisotopic (exact) mass is 426 g/mol. The summed E-state index contributed by atoms with van der Waals surface area (Å²) < 4.78 is 46.8. The van der Waals surface area contributed by atoms with Gasteiger partial charge in [0.05, 0.1) is 25.4 Å². The first-order valence-corrected chi connectivity index (χ1v) is 11.2. The van der Waals surface area contributed by atoms with E-state index in [9.17, 15) is 9.36 Å². The van der Waals surface area contributed by atoms with Crippen LogP contribution in [0.1, 0.15) is 38.1 Å². The van der Waals surface area contributed by atoms with Gasteiger partial charge >= 0.3 is 13.6 Å². The van der Waals surface area contributed by atoms with Crippen molar-refractivity contribution >= 4 is 13.6 Å². The fourth-order valence-corrected chi connectivity index (χ4v) is 4.65. The number of ether oxygens (including phenoxy) is 4. The Balaban J connectivity index is 1.93. The topological polar surface area (TPSA) is 89.5 Å². The van der Waals surface area contributed by atoms with Crippen LogP contribution in [0, 0.1) is 0 Å². The molecule has 0 saturated carbocycles. The van der Waals surface area contributed by atoms with Crippen molar-refractivity contribution in [2.24, 2.45) is 0 Å². The Morgan fingerprint density at radius 3 is 2.45 bits per heavy atom. The number of hydrogen-bond acceptors (Lipinski definition) is 8.